The molecule has 0 spiro atoms. The average Bonchev–Trinajstić information content (AvgIpc) is 3.11. The summed E-state index contributed by atoms with van der Waals surface area (Å²) in [5, 5.41) is 6.25. The van der Waals surface area contributed by atoms with Crippen LogP contribution in [-0.2, 0) is 14.3 Å². The van der Waals surface area contributed by atoms with Gasteiger partial charge in [-0.15, -0.1) is 0 Å². The van der Waals surface area contributed by atoms with E-state index in [-0.39, 0.29) is 5.82 Å². The molecule has 0 fully saturated rings. The third kappa shape index (κ3) is 5.52. The molecule has 2 aromatic rings. The van der Waals surface area contributed by atoms with Crippen molar-refractivity contribution in [3.8, 4) is 11.5 Å². The molecule has 138 valence electrons. The highest BCUT2D eigenvalue weighted by Gasteiger charge is 2.11. The van der Waals surface area contributed by atoms with Crippen LogP contribution in [0.4, 0.5) is 5.82 Å². The molecule has 2 rings (SSSR count). The Morgan fingerprint density at radius 3 is 2.85 bits per heavy atom. The second kappa shape index (κ2) is 9.47. The molecule has 1 aromatic carbocycles. The molecule has 0 aliphatic carbocycles. The van der Waals surface area contributed by atoms with Crippen LogP contribution in [0, 0.1) is 0 Å². The number of hydrogen-bond acceptors (Lipinski definition) is 7. The standard InChI is InChI=1S/C17H17ClN2O6/c1-3-24-13-9-11(8-12(18)17(13)23-2)4-5-16(22)25-10-15(21)19-14-6-7-26-20-14/h4-9H,3,10H2,1-2H3,(H,19,20,21)/b5-4+. The lowest BCUT2D eigenvalue weighted by Gasteiger charge is -2.11. The first-order valence-corrected chi connectivity index (χ1v) is 7.96. The van der Waals surface area contributed by atoms with Gasteiger partial charge in [-0.3, -0.25) is 4.79 Å². The van der Waals surface area contributed by atoms with E-state index in [1.807, 2.05) is 6.92 Å². The molecule has 1 N–H and O–H groups in total. The third-order valence-electron chi connectivity index (χ3n) is 3.00. The van der Waals surface area contributed by atoms with Gasteiger partial charge in [0.1, 0.15) is 6.26 Å². The first-order valence-electron chi connectivity index (χ1n) is 7.59. The zero-order valence-corrected chi connectivity index (χ0v) is 14.9. The lowest BCUT2D eigenvalue weighted by atomic mass is 10.2. The largest absolute Gasteiger partial charge is 0.491 e. The predicted octanol–water partition coefficient (Wildman–Crippen LogP) is 2.93. The van der Waals surface area contributed by atoms with E-state index >= 15 is 0 Å². The van der Waals surface area contributed by atoms with E-state index in [2.05, 4.69) is 15.0 Å². The molecular formula is C17H17ClN2O6. The number of hydrogen-bond donors (Lipinski definition) is 1. The van der Waals surface area contributed by atoms with Crippen molar-refractivity contribution in [1.82, 2.24) is 5.16 Å². The zero-order valence-electron chi connectivity index (χ0n) is 14.2. The van der Waals surface area contributed by atoms with Gasteiger partial charge in [0.2, 0.25) is 0 Å². The van der Waals surface area contributed by atoms with Crippen molar-refractivity contribution in [3.63, 3.8) is 0 Å². The van der Waals surface area contributed by atoms with Crippen molar-refractivity contribution < 1.29 is 28.3 Å². The molecule has 1 heterocycles. The minimum absolute atomic E-state index is 0.234. The van der Waals surface area contributed by atoms with Crippen LogP contribution in [0.25, 0.3) is 6.08 Å². The van der Waals surface area contributed by atoms with Crippen molar-refractivity contribution in [3.05, 3.63) is 41.1 Å². The Morgan fingerprint density at radius 1 is 1.38 bits per heavy atom. The number of aromatic nitrogens is 1. The monoisotopic (exact) mass is 380 g/mol. The molecule has 26 heavy (non-hydrogen) atoms. The number of anilines is 1. The Labute approximate surface area is 154 Å². The summed E-state index contributed by atoms with van der Waals surface area (Å²) in [5.41, 5.74) is 0.614. The third-order valence-corrected chi connectivity index (χ3v) is 3.28. The number of halogens is 1. The van der Waals surface area contributed by atoms with Gasteiger partial charge in [-0.25, -0.2) is 4.79 Å². The van der Waals surface area contributed by atoms with Crippen LogP contribution in [0.5, 0.6) is 11.5 Å². The molecule has 0 saturated carbocycles. The quantitative estimate of drug-likeness (QED) is 0.555. The van der Waals surface area contributed by atoms with Crippen LogP contribution >= 0.6 is 11.6 Å². The van der Waals surface area contributed by atoms with Gasteiger partial charge in [0.25, 0.3) is 5.91 Å². The van der Waals surface area contributed by atoms with Crippen LogP contribution in [0.2, 0.25) is 5.02 Å². The molecule has 0 unspecified atom stereocenters. The highest BCUT2D eigenvalue weighted by Crippen LogP contribution is 2.36. The molecule has 0 atom stereocenters. The normalized spacial score (nSPS) is 10.6. The molecule has 1 amide bonds. The van der Waals surface area contributed by atoms with Crippen molar-refractivity contribution in [2.24, 2.45) is 0 Å². The maximum Gasteiger partial charge on any atom is 0.331 e. The summed E-state index contributed by atoms with van der Waals surface area (Å²) >= 11 is 6.13. The maximum atomic E-state index is 11.7. The first kappa shape index (κ1) is 19.3. The van der Waals surface area contributed by atoms with E-state index in [1.165, 1.54) is 31.6 Å². The molecule has 0 saturated heterocycles. The van der Waals surface area contributed by atoms with Gasteiger partial charge in [0.05, 0.1) is 18.7 Å². The number of nitrogens with one attached hydrogen (secondary N) is 1. The molecule has 0 radical (unpaired) electrons. The predicted molar refractivity (Wildman–Crippen MR) is 94.3 cm³/mol. The Kier molecular flexibility index (Phi) is 7.04. The number of methoxy groups -OCH3 is 1. The van der Waals surface area contributed by atoms with Crippen LogP contribution in [0.15, 0.2) is 35.1 Å². The van der Waals surface area contributed by atoms with Crippen molar-refractivity contribution in [2.45, 2.75) is 6.92 Å². The average molecular weight is 381 g/mol. The smallest absolute Gasteiger partial charge is 0.331 e. The summed E-state index contributed by atoms with van der Waals surface area (Å²) in [4.78, 5) is 23.3. The Morgan fingerprint density at radius 2 is 2.19 bits per heavy atom. The van der Waals surface area contributed by atoms with E-state index in [0.29, 0.717) is 28.7 Å². The lowest BCUT2D eigenvalue weighted by Crippen LogP contribution is -2.20. The minimum atomic E-state index is -0.690. The lowest BCUT2D eigenvalue weighted by molar-refractivity contribution is -0.142. The van der Waals surface area contributed by atoms with Crippen LogP contribution in [0.1, 0.15) is 12.5 Å². The number of benzene rings is 1. The highest BCUT2D eigenvalue weighted by molar-refractivity contribution is 6.32. The number of carbonyl (C=O) groups excluding carboxylic acids is 2. The molecule has 9 heteroatoms. The van der Waals surface area contributed by atoms with Crippen molar-refractivity contribution in [2.75, 3.05) is 25.6 Å². The van der Waals surface area contributed by atoms with E-state index in [0.717, 1.165) is 0 Å². The van der Waals surface area contributed by atoms with Gasteiger partial charge < -0.3 is 24.1 Å². The fraction of sp³-hybridized carbons (Fsp3) is 0.235. The van der Waals surface area contributed by atoms with Gasteiger partial charge in [-0.1, -0.05) is 16.8 Å². The van der Waals surface area contributed by atoms with Gasteiger partial charge in [-0.05, 0) is 30.7 Å². The van der Waals surface area contributed by atoms with Crippen molar-refractivity contribution in [1.29, 1.82) is 0 Å². The van der Waals surface area contributed by atoms with Gasteiger partial charge in [0.15, 0.2) is 23.9 Å². The summed E-state index contributed by atoms with van der Waals surface area (Å²) in [6.07, 6.45) is 3.98. The van der Waals surface area contributed by atoms with Gasteiger partial charge in [-0.2, -0.15) is 0 Å². The van der Waals surface area contributed by atoms with Gasteiger partial charge >= 0.3 is 5.97 Å². The van der Waals surface area contributed by atoms with Crippen molar-refractivity contribution >= 4 is 35.4 Å². The molecular weight excluding hydrogens is 364 g/mol. The zero-order chi connectivity index (χ0) is 18.9. The number of esters is 1. The number of rotatable bonds is 8. The molecule has 0 aliphatic heterocycles. The number of nitrogens with zero attached hydrogens (tertiary/aromatic N) is 1. The van der Waals surface area contributed by atoms with Crippen LogP contribution < -0.4 is 14.8 Å². The fourth-order valence-electron chi connectivity index (χ4n) is 1.95. The minimum Gasteiger partial charge on any atom is -0.491 e. The van der Waals surface area contributed by atoms with E-state index in [1.54, 1.807) is 12.1 Å². The SMILES string of the molecule is CCOc1cc(/C=C/C(=O)OCC(=O)Nc2ccon2)cc(Cl)c1OC. The Bertz CT molecular complexity index is 789. The molecule has 1 aromatic heterocycles. The number of amides is 1. The second-order valence-corrected chi connectivity index (χ2v) is 5.25. The van der Waals surface area contributed by atoms with E-state index in [4.69, 9.17) is 25.8 Å². The summed E-state index contributed by atoms with van der Waals surface area (Å²) < 4.78 is 20.1. The molecule has 0 bridgehead atoms. The topological polar surface area (TPSA) is 99.9 Å². The Hall–Kier alpha value is -3.00. The number of carbonyl (C=O) groups is 2. The molecule has 8 nitrogen and oxygen atoms in total. The van der Waals surface area contributed by atoms with Crippen LogP contribution in [0.3, 0.4) is 0 Å². The number of ether oxygens (including phenoxy) is 3. The fourth-order valence-corrected chi connectivity index (χ4v) is 2.25. The van der Waals surface area contributed by atoms with Crippen LogP contribution in [-0.4, -0.2) is 37.4 Å². The van der Waals surface area contributed by atoms with E-state index in [9.17, 15) is 9.59 Å². The Balaban J connectivity index is 1.93. The van der Waals surface area contributed by atoms with Gasteiger partial charge in [0, 0.05) is 12.1 Å². The highest BCUT2D eigenvalue weighted by atomic mass is 35.5. The summed E-state index contributed by atoms with van der Waals surface area (Å²) in [7, 11) is 1.49. The summed E-state index contributed by atoms with van der Waals surface area (Å²) in [6, 6.07) is 4.75. The first-order chi connectivity index (χ1) is 12.5. The molecule has 0 aliphatic rings. The summed E-state index contributed by atoms with van der Waals surface area (Å²) in [5.74, 6) is -0.116. The summed E-state index contributed by atoms with van der Waals surface area (Å²) in [6.45, 7) is 1.81. The van der Waals surface area contributed by atoms with E-state index < -0.39 is 18.5 Å². The second-order valence-electron chi connectivity index (χ2n) is 4.84. The maximum absolute atomic E-state index is 11.7.